The molecule has 0 spiro atoms. The van der Waals surface area contributed by atoms with E-state index in [9.17, 15) is 0 Å². The molecule has 1 aliphatic carbocycles. The summed E-state index contributed by atoms with van der Waals surface area (Å²) in [5.41, 5.74) is 1.34. The summed E-state index contributed by atoms with van der Waals surface area (Å²) in [5.74, 6) is 1.46. The Kier molecular flexibility index (Phi) is 4.86. The number of nitrogens with one attached hydrogen (secondary N) is 1. The van der Waals surface area contributed by atoms with Gasteiger partial charge >= 0.3 is 0 Å². The Hall–Kier alpha value is -1.29. The van der Waals surface area contributed by atoms with Crippen molar-refractivity contribution in [3.05, 3.63) is 18.3 Å². The Balaban J connectivity index is 2.05. The lowest BCUT2D eigenvalue weighted by molar-refractivity contribution is 0.0882. The number of ether oxygens (including phenoxy) is 1. The van der Waals surface area contributed by atoms with Crippen LogP contribution in [0.3, 0.4) is 0 Å². The van der Waals surface area contributed by atoms with Crippen LogP contribution in [0, 0.1) is 5.92 Å². The second-order valence-corrected chi connectivity index (χ2v) is 6.26. The molecule has 1 saturated carbocycles. The predicted molar refractivity (Wildman–Crippen MR) is 83.3 cm³/mol. The highest BCUT2D eigenvalue weighted by molar-refractivity contribution is 5.45. The van der Waals surface area contributed by atoms with Gasteiger partial charge in [-0.2, -0.15) is 0 Å². The highest BCUT2D eigenvalue weighted by Gasteiger charge is 2.36. The van der Waals surface area contributed by atoms with Crippen LogP contribution < -0.4 is 10.1 Å². The van der Waals surface area contributed by atoms with Gasteiger partial charge in [0.2, 0.25) is 5.88 Å². The molecule has 1 aromatic heterocycles. The minimum absolute atomic E-state index is 0.258. The second-order valence-electron chi connectivity index (χ2n) is 6.26. The first kappa shape index (κ1) is 15.1. The molecule has 0 amide bonds. The van der Waals surface area contributed by atoms with Crippen molar-refractivity contribution in [3.8, 4) is 5.88 Å². The second kappa shape index (κ2) is 6.44. The Morgan fingerprint density at radius 1 is 1.50 bits per heavy atom. The molecule has 1 aliphatic rings. The SMILES string of the molecule is COc1cc(NCC2(N(C)C)CCCC(C)C2)ccn1. The zero-order valence-electron chi connectivity index (χ0n) is 13.1. The Bertz CT molecular complexity index is 435. The molecule has 1 heterocycles. The van der Waals surface area contributed by atoms with E-state index >= 15 is 0 Å². The van der Waals surface area contributed by atoms with Gasteiger partial charge in [-0.25, -0.2) is 4.98 Å². The largest absolute Gasteiger partial charge is 0.481 e. The summed E-state index contributed by atoms with van der Waals surface area (Å²) in [5, 5.41) is 3.57. The minimum atomic E-state index is 0.258. The fraction of sp³-hybridized carbons (Fsp3) is 0.688. The Labute approximate surface area is 122 Å². The number of hydrogen-bond donors (Lipinski definition) is 1. The van der Waals surface area contributed by atoms with Crippen molar-refractivity contribution < 1.29 is 4.74 Å². The predicted octanol–water partition coefficient (Wildman–Crippen LogP) is 3.01. The van der Waals surface area contributed by atoms with Crippen molar-refractivity contribution in [3.63, 3.8) is 0 Å². The molecule has 4 nitrogen and oxygen atoms in total. The van der Waals surface area contributed by atoms with Gasteiger partial charge in [0.15, 0.2) is 0 Å². The lowest BCUT2D eigenvalue weighted by atomic mass is 9.75. The van der Waals surface area contributed by atoms with E-state index in [2.05, 4.69) is 36.2 Å². The maximum absolute atomic E-state index is 5.17. The summed E-state index contributed by atoms with van der Waals surface area (Å²) in [4.78, 5) is 6.54. The van der Waals surface area contributed by atoms with Crippen LogP contribution in [0.4, 0.5) is 5.69 Å². The smallest absolute Gasteiger partial charge is 0.214 e. The molecule has 112 valence electrons. The summed E-state index contributed by atoms with van der Waals surface area (Å²) < 4.78 is 5.17. The molecule has 4 heteroatoms. The van der Waals surface area contributed by atoms with Gasteiger partial charge in [0.05, 0.1) is 7.11 Å². The molecule has 0 saturated heterocycles. The maximum atomic E-state index is 5.17. The molecule has 0 aliphatic heterocycles. The van der Waals surface area contributed by atoms with Crippen molar-refractivity contribution in [1.29, 1.82) is 0 Å². The monoisotopic (exact) mass is 277 g/mol. The van der Waals surface area contributed by atoms with E-state index in [1.165, 1.54) is 25.7 Å². The van der Waals surface area contributed by atoms with E-state index in [0.717, 1.165) is 18.2 Å². The van der Waals surface area contributed by atoms with Gasteiger partial charge in [0.25, 0.3) is 0 Å². The number of pyridine rings is 1. The van der Waals surface area contributed by atoms with Crippen LogP contribution in [0.2, 0.25) is 0 Å². The number of methoxy groups -OCH3 is 1. The maximum Gasteiger partial charge on any atom is 0.214 e. The standard InChI is InChI=1S/C16H27N3O/c1-13-6-5-8-16(11-13,19(2)3)12-18-14-7-9-17-15(10-14)20-4/h7,9-10,13H,5-6,8,11-12H2,1-4H3,(H,17,18). The Morgan fingerprint density at radius 3 is 2.95 bits per heavy atom. The van der Waals surface area contributed by atoms with Crippen LogP contribution in [0.15, 0.2) is 18.3 Å². The summed E-state index contributed by atoms with van der Waals surface area (Å²) in [6.45, 7) is 3.34. The molecule has 0 bridgehead atoms. The number of rotatable bonds is 5. The highest BCUT2D eigenvalue weighted by atomic mass is 16.5. The summed E-state index contributed by atoms with van der Waals surface area (Å²) in [6.07, 6.45) is 6.99. The van der Waals surface area contributed by atoms with Crippen LogP contribution >= 0.6 is 0 Å². The molecular formula is C16H27N3O. The quantitative estimate of drug-likeness (QED) is 0.897. The van der Waals surface area contributed by atoms with Crippen LogP contribution in [0.5, 0.6) is 5.88 Å². The first-order valence-electron chi connectivity index (χ1n) is 7.47. The van der Waals surface area contributed by atoms with Gasteiger partial charge in [-0.1, -0.05) is 19.8 Å². The van der Waals surface area contributed by atoms with E-state index < -0.39 is 0 Å². The average molecular weight is 277 g/mol. The summed E-state index contributed by atoms with van der Waals surface area (Å²) in [6, 6.07) is 3.95. The van der Waals surface area contributed by atoms with Crippen LogP contribution in [0.1, 0.15) is 32.6 Å². The molecule has 2 atom stereocenters. The minimum Gasteiger partial charge on any atom is -0.481 e. The van der Waals surface area contributed by atoms with Gasteiger partial charge in [0, 0.05) is 30.0 Å². The fourth-order valence-corrected chi connectivity index (χ4v) is 3.25. The topological polar surface area (TPSA) is 37.4 Å². The average Bonchev–Trinajstić information content (AvgIpc) is 2.45. The number of aromatic nitrogens is 1. The molecule has 0 aromatic carbocycles. The van der Waals surface area contributed by atoms with Crippen molar-refractivity contribution in [1.82, 2.24) is 9.88 Å². The van der Waals surface area contributed by atoms with E-state index in [-0.39, 0.29) is 5.54 Å². The van der Waals surface area contributed by atoms with Crippen LogP contribution in [-0.4, -0.2) is 43.2 Å². The van der Waals surface area contributed by atoms with E-state index in [1.807, 2.05) is 12.1 Å². The third kappa shape index (κ3) is 3.42. The van der Waals surface area contributed by atoms with Gasteiger partial charge in [-0.15, -0.1) is 0 Å². The lowest BCUT2D eigenvalue weighted by Gasteiger charge is -2.45. The lowest BCUT2D eigenvalue weighted by Crippen LogP contribution is -2.52. The van der Waals surface area contributed by atoms with Gasteiger partial charge < -0.3 is 15.0 Å². The van der Waals surface area contributed by atoms with Gasteiger partial charge in [-0.3, -0.25) is 0 Å². The van der Waals surface area contributed by atoms with E-state index in [4.69, 9.17) is 4.74 Å². The van der Waals surface area contributed by atoms with Crippen LogP contribution in [-0.2, 0) is 0 Å². The first-order valence-corrected chi connectivity index (χ1v) is 7.47. The summed E-state index contributed by atoms with van der Waals surface area (Å²) >= 11 is 0. The molecule has 2 rings (SSSR count). The number of hydrogen-bond acceptors (Lipinski definition) is 4. The molecular weight excluding hydrogens is 250 g/mol. The summed E-state index contributed by atoms with van der Waals surface area (Å²) in [7, 11) is 6.05. The Morgan fingerprint density at radius 2 is 2.30 bits per heavy atom. The normalized spacial score (nSPS) is 26.6. The van der Waals surface area contributed by atoms with Crippen molar-refractivity contribution >= 4 is 5.69 Å². The van der Waals surface area contributed by atoms with Crippen molar-refractivity contribution in [2.75, 3.05) is 33.1 Å². The van der Waals surface area contributed by atoms with E-state index in [0.29, 0.717) is 5.88 Å². The highest BCUT2D eigenvalue weighted by Crippen LogP contribution is 2.35. The van der Waals surface area contributed by atoms with Gasteiger partial charge in [-0.05, 0) is 38.9 Å². The molecule has 1 fully saturated rings. The first-order chi connectivity index (χ1) is 9.55. The number of anilines is 1. The van der Waals surface area contributed by atoms with E-state index in [1.54, 1.807) is 13.3 Å². The fourth-order valence-electron chi connectivity index (χ4n) is 3.25. The molecule has 2 unspecified atom stereocenters. The zero-order chi connectivity index (χ0) is 14.6. The van der Waals surface area contributed by atoms with Crippen molar-refractivity contribution in [2.45, 2.75) is 38.1 Å². The molecule has 20 heavy (non-hydrogen) atoms. The van der Waals surface area contributed by atoms with Gasteiger partial charge in [0.1, 0.15) is 0 Å². The zero-order valence-corrected chi connectivity index (χ0v) is 13.1. The van der Waals surface area contributed by atoms with Crippen molar-refractivity contribution in [2.24, 2.45) is 5.92 Å². The number of likely N-dealkylation sites (N-methyl/N-ethyl adjacent to an activating group) is 1. The third-order valence-electron chi connectivity index (χ3n) is 4.58. The third-order valence-corrected chi connectivity index (χ3v) is 4.58. The van der Waals surface area contributed by atoms with Crippen LogP contribution in [0.25, 0.3) is 0 Å². The molecule has 1 aromatic rings. The molecule has 0 radical (unpaired) electrons. The number of nitrogens with zero attached hydrogens (tertiary/aromatic N) is 2. The molecule has 1 N–H and O–H groups in total.